The van der Waals surface area contributed by atoms with Gasteiger partial charge in [0.25, 0.3) is 0 Å². The molecule has 0 saturated carbocycles. The van der Waals surface area contributed by atoms with E-state index in [1.54, 1.807) is 0 Å². The van der Waals surface area contributed by atoms with E-state index in [1.165, 1.54) is 5.56 Å². The van der Waals surface area contributed by atoms with Gasteiger partial charge in [0.05, 0.1) is 32.1 Å². The van der Waals surface area contributed by atoms with Crippen molar-refractivity contribution in [1.29, 1.82) is 0 Å². The lowest BCUT2D eigenvalue weighted by atomic mass is 10.2. The molecule has 17 heavy (non-hydrogen) atoms. The lowest BCUT2D eigenvalue weighted by Crippen LogP contribution is -2.32. The smallest absolute Gasteiger partial charge is 0.0821 e. The van der Waals surface area contributed by atoms with Gasteiger partial charge in [0, 0.05) is 31.9 Å². The first-order valence-electron chi connectivity index (χ1n) is 6.09. The van der Waals surface area contributed by atoms with Gasteiger partial charge in [-0.3, -0.25) is 4.68 Å². The maximum absolute atomic E-state index is 5.61. The highest BCUT2D eigenvalue weighted by atomic mass is 16.6. The molecule has 2 heterocycles. The summed E-state index contributed by atoms with van der Waals surface area (Å²) in [5, 5.41) is 4.16. The van der Waals surface area contributed by atoms with Crippen LogP contribution in [0.3, 0.4) is 0 Å². The Labute approximate surface area is 102 Å². The lowest BCUT2D eigenvalue weighted by molar-refractivity contribution is -0.0923. The highest BCUT2D eigenvalue weighted by Crippen LogP contribution is 2.07. The molecule has 1 aromatic heterocycles. The van der Waals surface area contributed by atoms with Crippen molar-refractivity contribution in [3.8, 4) is 0 Å². The van der Waals surface area contributed by atoms with Gasteiger partial charge >= 0.3 is 0 Å². The molecule has 1 aliphatic rings. The average molecular weight is 239 g/mol. The molecule has 0 amide bonds. The van der Waals surface area contributed by atoms with Crippen LogP contribution in [0.1, 0.15) is 12.0 Å². The monoisotopic (exact) mass is 239 g/mol. The van der Waals surface area contributed by atoms with E-state index in [0.717, 1.165) is 39.3 Å². The number of rotatable bonds is 5. The van der Waals surface area contributed by atoms with E-state index >= 15 is 0 Å². The predicted octanol–water partition coefficient (Wildman–Crippen LogP) is 0.657. The van der Waals surface area contributed by atoms with Crippen molar-refractivity contribution in [2.75, 3.05) is 33.4 Å². The van der Waals surface area contributed by atoms with E-state index in [2.05, 4.69) is 23.2 Å². The fourth-order valence-electron chi connectivity index (χ4n) is 2.01. The van der Waals surface area contributed by atoms with Crippen LogP contribution in [-0.4, -0.2) is 54.2 Å². The van der Waals surface area contributed by atoms with Crippen LogP contribution >= 0.6 is 0 Å². The van der Waals surface area contributed by atoms with Crippen LogP contribution in [0.15, 0.2) is 12.4 Å². The molecular weight excluding hydrogens is 218 g/mol. The van der Waals surface area contributed by atoms with Crippen LogP contribution in [0.5, 0.6) is 0 Å². The molecule has 1 fully saturated rings. The Balaban J connectivity index is 1.68. The number of hydrogen-bond acceptors (Lipinski definition) is 4. The van der Waals surface area contributed by atoms with Crippen LogP contribution in [0.4, 0.5) is 0 Å². The van der Waals surface area contributed by atoms with E-state index in [4.69, 9.17) is 9.47 Å². The molecule has 0 radical (unpaired) electrons. The molecule has 5 heteroatoms. The molecule has 5 nitrogen and oxygen atoms in total. The van der Waals surface area contributed by atoms with Gasteiger partial charge in [0.2, 0.25) is 0 Å². The molecule has 1 atom stereocenters. The fraction of sp³-hybridized carbons (Fsp3) is 0.750. The third-order valence-electron chi connectivity index (χ3n) is 2.93. The Morgan fingerprint density at radius 1 is 1.53 bits per heavy atom. The normalized spacial score (nSPS) is 21.0. The molecule has 2 rings (SSSR count). The second kappa shape index (κ2) is 6.14. The Morgan fingerprint density at radius 2 is 2.41 bits per heavy atom. The molecule has 96 valence electrons. The van der Waals surface area contributed by atoms with E-state index in [-0.39, 0.29) is 6.10 Å². The molecule has 0 N–H and O–H groups in total. The first-order valence-corrected chi connectivity index (χ1v) is 6.09. The van der Waals surface area contributed by atoms with Crippen LogP contribution in [0.25, 0.3) is 0 Å². The third-order valence-corrected chi connectivity index (χ3v) is 2.93. The summed E-state index contributed by atoms with van der Waals surface area (Å²) >= 11 is 0. The fourth-order valence-corrected chi connectivity index (χ4v) is 2.01. The summed E-state index contributed by atoms with van der Waals surface area (Å²) in [6, 6.07) is 0. The molecular formula is C12H21N3O2. The molecule has 0 spiro atoms. The maximum atomic E-state index is 5.61. The second-order valence-corrected chi connectivity index (χ2v) is 4.62. The SMILES string of the molecule is CN(CCC1COCCO1)Cc1cnn(C)c1. The summed E-state index contributed by atoms with van der Waals surface area (Å²) in [7, 11) is 4.06. The standard InChI is InChI=1S/C12H21N3O2/c1-14(8-11-7-13-15(2)9-11)4-3-12-10-16-5-6-17-12/h7,9,12H,3-6,8,10H2,1-2H3. The first kappa shape index (κ1) is 12.5. The largest absolute Gasteiger partial charge is 0.376 e. The summed E-state index contributed by atoms with van der Waals surface area (Å²) in [5.74, 6) is 0. The second-order valence-electron chi connectivity index (χ2n) is 4.62. The van der Waals surface area contributed by atoms with Gasteiger partial charge in [-0.25, -0.2) is 0 Å². The zero-order valence-electron chi connectivity index (χ0n) is 10.6. The highest BCUT2D eigenvalue weighted by Gasteiger charge is 2.14. The van der Waals surface area contributed by atoms with Crippen molar-refractivity contribution in [2.24, 2.45) is 7.05 Å². The molecule has 1 unspecified atom stereocenters. The Hall–Kier alpha value is -0.910. The Bertz CT molecular complexity index is 334. The van der Waals surface area contributed by atoms with Crippen LogP contribution < -0.4 is 0 Å². The minimum atomic E-state index is 0.264. The first-order chi connectivity index (χ1) is 8.24. The maximum Gasteiger partial charge on any atom is 0.0821 e. The van der Waals surface area contributed by atoms with E-state index < -0.39 is 0 Å². The Morgan fingerprint density at radius 3 is 3.06 bits per heavy atom. The van der Waals surface area contributed by atoms with Gasteiger partial charge < -0.3 is 14.4 Å². The number of aromatic nitrogens is 2. The summed E-state index contributed by atoms with van der Waals surface area (Å²) in [5.41, 5.74) is 1.25. The van der Waals surface area contributed by atoms with Gasteiger partial charge in [0.15, 0.2) is 0 Å². The number of hydrogen-bond donors (Lipinski definition) is 0. The van der Waals surface area contributed by atoms with Gasteiger partial charge in [-0.05, 0) is 13.5 Å². The van der Waals surface area contributed by atoms with Gasteiger partial charge in [-0.15, -0.1) is 0 Å². The zero-order valence-corrected chi connectivity index (χ0v) is 10.6. The van der Waals surface area contributed by atoms with Gasteiger partial charge in [-0.1, -0.05) is 0 Å². The molecule has 0 aromatic carbocycles. The van der Waals surface area contributed by atoms with Crippen molar-refractivity contribution in [3.05, 3.63) is 18.0 Å². The molecule has 1 saturated heterocycles. The van der Waals surface area contributed by atoms with Crippen molar-refractivity contribution in [2.45, 2.75) is 19.1 Å². The summed E-state index contributed by atoms with van der Waals surface area (Å²) < 4.78 is 12.8. The van der Waals surface area contributed by atoms with E-state index in [0.29, 0.717) is 0 Å². The summed E-state index contributed by atoms with van der Waals surface area (Å²) in [4.78, 5) is 2.29. The molecule has 0 bridgehead atoms. The molecule has 1 aliphatic heterocycles. The van der Waals surface area contributed by atoms with Crippen LogP contribution in [0.2, 0.25) is 0 Å². The van der Waals surface area contributed by atoms with E-state index in [9.17, 15) is 0 Å². The lowest BCUT2D eigenvalue weighted by Gasteiger charge is -2.25. The predicted molar refractivity (Wildman–Crippen MR) is 64.7 cm³/mol. The minimum absolute atomic E-state index is 0.264. The average Bonchev–Trinajstić information content (AvgIpc) is 2.73. The highest BCUT2D eigenvalue weighted by molar-refractivity contribution is 5.02. The topological polar surface area (TPSA) is 39.5 Å². The zero-order chi connectivity index (χ0) is 12.1. The van der Waals surface area contributed by atoms with Crippen molar-refractivity contribution >= 4 is 0 Å². The molecule has 1 aromatic rings. The van der Waals surface area contributed by atoms with Crippen molar-refractivity contribution in [3.63, 3.8) is 0 Å². The number of nitrogens with zero attached hydrogens (tertiary/aromatic N) is 3. The third kappa shape index (κ3) is 4.11. The van der Waals surface area contributed by atoms with Crippen LogP contribution in [0, 0.1) is 0 Å². The van der Waals surface area contributed by atoms with Crippen molar-refractivity contribution < 1.29 is 9.47 Å². The Kier molecular flexibility index (Phi) is 4.53. The van der Waals surface area contributed by atoms with Crippen LogP contribution in [-0.2, 0) is 23.1 Å². The van der Waals surface area contributed by atoms with Gasteiger partial charge in [-0.2, -0.15) is 5.10 Å². The summed E-state index contributed by atoms with van der Waals surface area (Å²) in [6.45, 7) is 4.16. The molecule has 0 aliphatic carbocycles. The number of aryl methyl sites for hydroxylation is 1. The van der Waals surface area contributed by atoms with Crippen molar-refractivity contribution in [1.82, 2.24) is 14.7 Å². The number of ether oxygens (including phenoxy) is 2. The summed E-state index contributed by atoms with van der Waals surface area (Å²) in [6.07, 6.45) is 5.25. The van der Waals surface area contributed by atoms with E-state index in [1.807, 2.05) is 17.9 Å². The van der Waals surface area contributed by atoms with Gasteiger partial charge in [0.1, 0.15) is 0 Å². The quantitative estimate of drug-likeness (QED) is 0.756. The minimum Gasteiger partial charge on any atom is -0.376 e.